The van der Waals surface area contributed by atoms with Crippen molar-refractivity contribution in [1.29, 1.82) is 0 Å². The van der Waals surface area contributed by atoms with E-state index in [0.29, 0.717) is 11.1 Å². The van der Waals surface area contributed by atoms with Crippen LogP contribution in [0.25, 0.3) is 11.1 Å². The Kier molecular flexibility index (Phi) is 6.12. The van der Waals surface area contributed by atoms with Gasteiger partial charge in [-0.15, -0.1) is 0 Å². The first-order chi connectivity index (χ1) is 11.0. The molecular formula is C16H8Cl6O2. The van der Waals surface area contributed by atoms with E-state index in [4.69, 9.17) is 69.6 Å². The van der Waals surface area contributed by atoms with E-state index in [1.807, 2.05) is 0 Å². The third-order valence-corrected chi connectivity index (χ3v) is 4.18. The van der Waals surface area contributed by atoms with E-state index in [1.165, 1.54) is 12.1 Å². The first-order valence-corrected chi connectivity index (χ1v) is 8.71. The topological polar surface area (TPSA) is 34.1 Å². The number of alkyl halides is 6. The summed E-state index contributed by atoms with van der Waals surface area (Å²) < 4.78 is -4.27. The highest BCUT2D eigenvalue weighted by Crippen LogP contribution is 2.38. The summed E-state index contributed by atoms with van der Waals surface area (Å²) in [7, 11) is 0. The summed E-state index contributed by atoms with van der Waals surface area (Å²) >= 11 is 34.2. The zero-order valence-corrected chi connectivity index (χ0v) is 16.2. The zero-order valence-electron chi connectivity index (χ0n) is 11.7. The van der Waals surface area contributed by atoms with Crippen molar-refractivity contribution in [2.75, 3.05) is 0 Å². The molecule has 2 nitrogen and oxygen atoms in total. The number of hydrogen-bond donors (Lipinski definition) is 0. The fourth-order valence-corrected chi connectivity index (χ4v) is 2.75. The lowest BCUT2D eigenvalue weighted by Gasteiger charge is -2.17. The van der Waals surface area contributed by atoms with Gasteiger partial charge in [0.1, 0.15) is 0 Å². The van der Waals surface area contributed by atoms with Gasteiger partial charge in [0.25, 0.3) is 7.59 Å². The molecule has 24 heavy (non-hydrogen) atoms. The number of ketones is 2. The number of carbonyl (C=O) groups is 2. The minimum absolute atomic E-state index is 0.141. The van der Waals surface area contributed by atoms with Gasteiger partial charge in [-0.25, -0.2) is 0 Å². The van der Waals surface area contributed by atoms with Crippen molar-refractivity contribution in [3.05, 3.63) is 59.7 Å². The van der Waals surface area contributed by atoms with Gasteiger partial charge in [-0.05, 0) is 11.1 Å². The van der Waals surface area contributed by atoms with Crippen molar-refractivity contribution in [3.63, 3.8) is 0 Å². The molecule has 0 fully saturated rings. The molecule has 0 unspecified atom stereocenters. The number of Topliss-reactive ketones (excluding diaryl/α,β-unsaturated/α-hetero) is 2. The molecule has 0 atom stereocenters. The molecule has 0 radical (unpaired) electrons. The first kappa shape index (κ1) is 19.8. The summed E-state index contributed by atoms with van der Waals surface area (Å²) in [5.41, 5.74) is 1.07. The maximum absolute atomic E-state index is 12.4. The molecule has 8 heteroatoms. The Morgan fingerprint density at radius 1 is 0.583 bits per heavy atom. The van der Waals surface area contributed by atoms with Crippen LogP contribution in [-0.2, 0) is 0 Å². The molecule has 0 spiro atoms. The minimum atomic E-state index is -2.13. The van der Waals surface area contributed by atoms with Crippen molar-refractivity contribution in [2.24, 2.45) is 0 Å². The molecule has 0 bridgehead atoms. The van der Waals surface area contributed by atoms with Crippen LogP contribution in [0.15, 0.2) is 48.5 Å². The van der Waals surface area contributed by atoms with E-state index in [9.17, 15) is 9.59 Å². The molecule has 0 amide bonds. The summed E-state index contributed by atoms with van der Waals surface area (Å²) in [5, 5.41) is 0. The van der Waals surface area contributed by atoms with E-state index in [1.54, 1.807) is 36.4 Å². The maximum Gasteiger partial charge on any atom is 0.253 e. The van der Waals surface area contributed by atoms with Crippen molar-refractivity contribution < 1.29 is 9.59 Å². The molecule has 0 saturated carbocycles. The second-order valence-corrected chi connectivity index (χ2v) is 9.31. The van der Waals surface area contributed by atoms with Crippen molar-refractivity contribution in [2.45, 2.75) is 7.59 Å². The molecule has 0 saturated heterocycles. The highest BCUT2D eigenvalue weighted by Gasteiger charge is 2.36. The summed E-state index contributed by atoms with van der Waals surface area (Å²) in [6, 6.07) is 12.8. The Balaban J connectivity index is 2.68. The van der Waals surface area contributed by atoms with Crippen molar-refractivity contribution in [1.82, 2.24) is 0 Å². The molecule has 0 aromatic heterocycles. The van der Waals surface area contributed by atoms with Crippen LogP contribution in [0.5, 0.6) is 0 Å². The Hall–Kier alpha value is -0.480. The fraction of sp³-hybridized carbons (Fsp3) is 0.125. The molecule has 0 aliphatic heterocycles. The van der Waals surface area contributed by atoms with Crippen LogP contribution in [-0.4, -0.2) is 19.2 Å². The lowest BCUT2D eigenvalue weighted by molar-refractivity contribution is 0.0987. The van der Waals surface area contributed by atoms with E-state index in [2.05, 4.69) is 0 Å². The van der Waals surface area contributed by atoms with Crippen LogP contribution in [0, 0.1) is 0 Å². The highest BCUT2D eigenvalue weighted by atomic mass is 35.6. The summed E-state index contributed by atoms with van der Waals surface area (Å²) in [6.07, 6.45) is 0. The summed E-state index contributed by atoms with van der Waals surface area (Å²) in [5.74, 6) is -1.45. The standard InChI is InChI=1S/C16H8Cl6O2/c17-15(18,19)13(23)11-7-3-1-5-9(11)10-6-2-4-8-12(10)14(24)16(20,21)22/h1-8H. The lowest BCUT2D eigenvalue weighted by atomic mass is 9.92. The fourth-order valence-electron chi connectivity index (χ4n) is 2.14. The van der Waals surface area contributed by atoms with Gasteiger partial charge in [-0.1, -0.05) is 118 Å². The molecule has 2 rings (SSSR count). The number of rotatable bonds is 3. The third kappa shape index (κ3) is 4.37. The van der Waals surface area contributed by atoms with E-state index < -0.39 is 19.2 Å². The summed E-state index contributed by atoms with van der Waals surface area (Å²) in [4.78, 5) is 24.8. The Morgan fingerprint density at radius 3 is 1.17 bits per heavy atom. The largest absolute Gasteiger partial charge is 0.289 e. The predicted octanol–water partition coefficient (Wildman–Crippen LogP) is 6.46. The van der Waals surface area contributed by atoms with Crippen LogP contribution in [0.4, 0.5) is 0 Å². The molecular weight excluding hydrogens is 437 g/mol. The van der Waals surface area contributed by atoms with Gasteiger partial charge in [-0.2, -0.15) is 0 Å². The van der Waals surface area contributed by atoms with Crippen LogP contribution in [0.2, 0.25) is 0 Å². The van der Waals surface area contributed by atoms with Gasteiger partial charge in [0.05, 0.1) is 0 Å². The monoisotopic (exact) mass is 442 g/mol. The van der Waals surface area contributed by atoms with Crippen molar-refractivity contribution >= 4 is 81.2 Å². The Labute approximate surface area is 168 Å². The molecule has 0 aliphatic rings. The van der Waals surface area contributed by atoms with Gasteiger partial charge < -0.3 is 0 Å². The van der Waals surface area contributed by atoms with Crippen LogP contribution < -0.4 is 0 Å². The van der Waals surface area contributed by atoms with Crippen molar-refractivity contribution in [3.8, 4) is 11.1 Å². The smallest absolute Gasteiger partial charge is 0.253 e. The predicted molar refractivity (Wildman–Crippen MR) is 101 cm³/mol. The molecule has 2 aromatic rings. The normalized spacial score (nSPS) is 12.1. The van der Waals surface area contributed by atoms with Crippen LogP contribution in [0.3, 0.4) is 0 Å². The van der Waals surface area contributed by atoms with E-state index in [0.717, 1.165) is 0 Å². The summed E-state index contributed by atoms with van der Waals surface area (Å²) in [6.45, 7) is 0. The molecule has 126 valence electrons. The third-order valence-electron chi connectivity index (χ3n) is 3.15. The van der Waals surface area contributed by atoms with E-state index in [-0.39, 0.29) is 11.1 Å². The number of hydrogen-bond acceptors (Lipinski definition) is 2. The number of carbonyl (C=O) groups excluding carboxylic acids is 2. The zero-order chi connectivity index (χ0) is 18.1. The quantitative estimate of drug-likeness (QED) is 0.402. The number of halogens is 6. The van der Waals surface area contributed by atoms with E-state index >= 15 is 0 Å². The Bertz CT molecular complexity index is 722. The molecule has 0 N–H and O–H groups in total. The average molecular weight is 445 g/mol. The molecule has 2 aromatic carbocycles. The Morgan fingerprint density at radius 2 is 0.875 bits per heavy atom. The second kappa shape index (κ2) is 7.41. The van der Waals surface area contributed by atoms with Gasteiger partial charge >= 0.3 is 0 Å². The first-order valence-electron chi connectivity index (χ1n) is 6.45. The van der Waals surface area contributed by atoms with Gasteiger partial charge in [0.2, 0.25) is 11.6 Å². The maximum atomic E-state index is 12.4. The lowest BCUT2D eigenvalue weighted by Crippen LogP contribution is -2.21. The van der Waals surface area contributed by atoms with Gasteiger partial charge in [0, 0.05) is 11.1 Å². The number of benzene rings is 2. The highest BCUT2D eigenvalue weighted by molar-refractivity contribution is 6.78. The van der Waals surface area contributed by atoms with Gasteiger partial charge in [0.15, 0.2) is 0 Å². The SMILES string of the molecule is O=C(c1ccccc1-c1ccccc1C(=O)C(Cl)(Cl)Cl)C(Cl)(Cl)Cl. The van der Waals surface area contributed by atoms with Crippen LogP contribution in [0.1, 0.15) is 20.7 Å². The molecule has 0 aliphatic carbocycles. The molecule has 0 heterocycles. The minimum Gasteiger partial charge on any atom is -0.289 e. The van der Waals surface area contributed by atoms with Crippen LogP contribution >= 0.6 is 69.6 Å². The van der Waals surface area contributed by atoms with Gasteiger partial charge in [-0.3, -0.25) is 9.59 Å². The second-order valence-electron chi connectivity index (χ2n) is 4.74. The average Bonchev–Trinajstić information content (AvgIpc) is 2.51.